The molecule has 0 bridgehead atoms. The Hall–Kier alpha value is -0.610. The molecule has 1 aliphatic rings. The molecule has 0 aromatic rings. The van der Waals surface area contributed by atoms with Crippen LogP contribution >= 0.6 is 0 Å². The quantitative estimate of drug-likeness (QED) is 0.693. The largest absolute Gasteiger partial charge is 0.396 e. The average Bonchev–Trinajstić information content (AvgIpc) is 2.19. The van der Waals surface area contributed by atoms with Crippen molar-refractivity contribution in [3.8, 4) is 0 Å². The highest BCUT2D eigenvalue weighted by Gasteiger charge is 2.35. The van der Waals surface area contributed by atoms with E-state index in [9.17, 15) is 4.79 Å². The Bertz CT molecular complexity index is 208. The molecule has 1 amide bonds. The van der Waals surface area contributed by atoms with E-state index in [1.807, 2.05) is 7.05 Å². The molecular formula is C10H20N2O2. The number of likely N-dealkylation sites (N-methyl/N-ethyl adjacent to an activating group) is 2. The van der Waals surface area contributed by atoms with Gasteiger partial charge >= 0.3 is 0 Å². The predicted octanol–water partition coefficient (Wildman–Crippen LogP) is -0.0802. The Morgan fingerprint density at radius 1 is 1.57 bits per heavy atom. The number of amides is 1. The predicted molar refractivity (Wildman–Crippen MR) is 55.0 cm³/mol. The summed E-state index contributed by atoms with van der Waals surface area (Å²) in [5.74, 6) is 0.139. The van der Waals surface area contributed by atoms with E-state index in [2.05, 4.69) is 18.7 Å². The molecule has 0 aromatic carbocycles. The van der Waals surface area contributed by atoms with E-state index in [1.54, 1.807) is 4.90 Å². The van der Waals surface area contributed by atoms with Crippen molar-refractivity contribution in [2.45, 2.75) is 32.4 Å². The summed E-state index contributed by atoms with van der Waals surface area (Å²) in [6.07, 6.45) is 0.545. The van der Waals surface area contributed by atoms with Gasteiger partial charge in [-0.25, -0.2) is 0 Å². The summed E-state index contributed by atoms with van der Waals surface area (Å²) < 4.78 is 0. The molecule has 82 valence electrons. The maximum atomic E-state index is 11.9. The van der Waals surface area contributed by atoms with Gasteiger partial charge in [-0.1, -0.05) is 6.92 Å². The third kappa shape index (κ3) is 2.07. The molecule has 0 aromatic heterocycles. The first-order valence-electron chi connectivity index (χ1n) is 5.23. The van der Waals surface area contributed by atoms with Crippen molar-refractivity contribution in [3.63, 3.8) is 0 Å². The van der Waals surface area contributed by atoms with E-state index in [0.29, 0.717) is 6.42 Å². The fourth-order valence-electron chi connectivity index (χ4n) is 1.98. The topological polar surface area (TPSA) is 43.8 Å². The summed E-state index contributed by atoms with van der Waals surface area (Å²) >= 11 is 0. The number of hydrogen-bond donors (Lipinski definition) is 1. The molecule has 0 spiro atoms. The molecule has 1 aliphatic heterocycles. The Balaban J connectivity index is 2.72. The molecule has 0 saturated carbocycles. The van der Waals surface area contributed by atoms with Crippen LogP contribution in [0.5, 0.6) is 0 Å². The summed E-state index contributed by atoms with van der Waals surface area (Å²) in [7, 11) is 1.84. The Morgan fingerprint density at radius 3 is 2.71 bits per heavy atom. The minimum Gasteiger partial charge on any atom is -0.396 e. The van der Waals surface area contributed by atoms with E-state index < -0.39 is 0 Å². The SMILES string of the molecule is CCN1CC(C)N(C)C(=O)C1CCO. The second kappa shape index (κ2) is 4.75. The summed E-state index contributed by atoms with van der Waals surface area (Å²) in [5, 5.41) is 8.90. The lowest BCUT2D eigenvalue weighted by Crippen LogP contribution is -2.59. The van der Waals surface area contributed by atoms with Gasteiger partial charge < -0.3 is 10.0 Å². The van der Waals surface area contributed by atoms with E-state index >= 15 is 0 Å². The van der Waals surface area contributed by atoms with Crippen LogP contribution in [-0.4, -0.2) is 59.6 Å². The molecule has 1 saturated heterocycles. The van der Waals surface area contributed by atoms with Crippen LogP contribution in [-0.2, 0) is 4.79 Å². The molecule has 0 aliphatic carbocycles. The molecule has 14 heavy (non-hydrogen) atoms. The molecule has 4 nitrogen and oxygen atoms in total. The lowest BCUT2D eigenvalue weighted by atomic mass is 10.0. The Kier molecular flexibility index (Phi) is 3.89. The van der Waals surface area contributed by atoms with E-state index in [-0.39, 0.29) is 24.6 Å². The van der Waals surface area contributed by atoms with Gasteiger partial charge in [0, 0.05) is 26.2 Å². The van der Waals surface area contributed by atoms with Crippen molar-refractivity contribution >= 4 is 5.91 Å². The summed E-state index contributed by atoms with van der Waals surface area (Å²) in [5.41, 5.74) is 0. The highest BCUT2D eigenvalue weighted by atomic mass is 16.3. The van der Waals surface area contributed by atoms with Crippen LogP contribution < -0.4 is 0 Å². The molecule has 1 fully saturated rings. The van der Waals surface area contributed by atoms with Gasteiger partial charge in [-0.15, -0.1) is 0 Å². The number of carbonyl (C=O) groups excluding carboxylic acids is 1. The lowest BCUT2D eigenvalue weighted by molar-refractivity contribution is -0.144. The second-order valence-corrected chi connectivity index (χ2v) is 3.91. The maximum Gasteiger partial charge on any atom is 0.240 e. The zero-order valence-corrected chi connectivity index (χ0v) is 9.23. The molecule has 0 radical (unpaired) electrons. The molecule has 1 heterocycles. The average molecular weight is 200 g/mol. The van der Waals surface area contributed by atoms with Gasteiger partial charge in [0.15, 0.2) is 0 Å². The van der Waals surface area contributed by atoms with Crippen molar-refractivity contribution in [2.24, 2.45) is 0 Å². The summed E-state index contributed by atoms with van der Waals surface area (Å²) in [4.78, 5) is 15.8. The maximum absolute atomic E-state index is 11.9. The number of carbonyl (C=O) groups is 1. The molecule has 2 atom stereocenters. The van der Waals surface area contributed by atoms with Crippen LogP contribution in [0.25, 0.3) is 0 Å². The minimum atomic E-state index is -0.119. The number of aliphatic hydroxyl groups is 1. The highest BCUT2D eigenvalue weighted by Crippen LogP contribution is 2.16. The fourth-order valence-corrected chi connectivity index (χ4v) is 1.98. The highest BCUT2D eigenvalue weighted by molar-refractivity contribution is 5.82. The van der Waals surface area contributed by atoms with Crippen LogP contribution in [0, 0.1) is 0 Å². The minimum absolute atomic E-state index is 0.0785. The van der Waals surface area contributed by atoms with Crippen LogP contribution in [0.1, 0.15) is 20.3 Å². The van der Waals surface area contributed by atoms with Crippen LogP contribution in [0.3, 0.4) is 0 Å². The van der Waals surface area contributed by atoms with Crippen molar-refractivity contribution in [2.75, 3.05) is 26.7 Å². The van der Waals surface area contributed by atoms with Crippen LogP contribution in [0.15, 0.2) is 0 Å². The zero-order chi connectivity index (χ0) is 10.7. The second-order valence-electron chi connectivity index (χ2n) is 3.91. The van der Waals surface area contributed by atoms with Crippen molar-refractivity contribution in [1.29, 1.82) is 0 Å². The number of rotatable bonds is 3. The van der Waals surface area contributed by atoms with Crippen molar-refractivity contribution in [3.05, 3.63) is 0 Å². The third-order valence-corrected chi connectivity index (χ3v) is 3.04. The number of hydrogen-bond acceptors (Lipinski definition) is 3. The first-order valence-corrected chi connectivity index (χ1v) is 5.23. The normalized spacial score (nSPS) is 29.7. The Labute approximate surface area is 85.5 Å². The van der Waals surface area contributed by atoms with Gasteiger partial charge in [-0.2, -0.15) is 0 Å². The molecule has 2 unspecified atom stereocenters. The van der Waals surface area contributed by atoms with E-state index in [0.717, 1.165) is 13.1 Å². The zero-order valence-electron chi connectivity index (χ0n) is 9.23. The lowest BCUT2D eigenvalue weighted by Gasteiger charge is -2.42. The Morgan fingerprint density at radius 2 is 2.21 bits per heavy atom. The van der Waals surface area contributed by atoms with Gasteiger partial charge in [0.05, 0.1) is 6.04 Å². The summed E-state index contributed by atoms with van der Waals surface area (Å²) in [6, 6.07) is 0.156. The van der Waals surface area contributed by atoms with Crippen molar-refractivity contribution < 1.29 is 9.90 Å². The smallest absolute Gasteiger partial charge is 0.240 e. The van der Waals surface area contributed by atoms with Gasteiger partial charge in [0.1, 0.15) is 0 Å². The summed E-state index contributed by atoms with van der Waals surface area (Å²) in [6.45, 7) is 5.96. The standard InChI is InChI=1S/C10H20N2O2/c1-4-12-7-8(2)11(3)10(14)9(12)5-6-13/h8-9,13H,4-7H2,1-3H3. The third-order valence-electron chi connectivity index (χ3n) is 3.04. The van der Waals surface area contributed by atoms with E-state index in [4.69, 9.17) is 5.11 Å². The monoisotopic (exact) mass is 200 g/mol. The van der Waals surface area contributed by atoms with Crippen molar-refractivity contribution in [1.82, 2.24) is 9.80 Å². The molecule has 1 rings (SSSR count). The molecule has 1 N–H and O–H groups in total. The van der Waals surface area contributed by atoms with Gasteiger partial charge in [0.2, 0.25) is 5.91 Å². The van der Waals surface area contributed by atoms with Crippen LogP contribution in [0.2, 0.25) is 0 Å². The van der Waals surface area contributed by atoms with Gasteiger partial charge in [-0.3, -0.25) is 9.69 Å². The first kappa shape index (κ1) is 11.5. The first-order chi connectivity index (χ1) is 6.61. The number of aliphatic hydroxyl groups excluding tert-OH is 1. The molecule has 4 heteroatoms. The number of piperazine rings is 1. The fraction of sp³-hybridized carbons (Fsp3) is 0.900. The van der Waals surface area contributed by atoms with Gasteiger partial charge in [-0.05, 0) is 19.9 Å². The molecular weight excluding hydrogens is 180 g/mol. The van der Waals surface area contributed by atoms with Gasteiger partial charge in [0.25, 0.3) is 0 Å². The van der Waals surface area contributed by atoms with E-state index in [1.165, 1.54) is 0 Å². The van der Waals surface area contributed by atoms with Crippen LogP contribution in [0.4, 0.5) is 0 Å². The number of nitrogens with zero attached hydrogens (tertiary/aromatic N) is 2.